The van der Waals surface area contributed by atoms with Crippen molar-refractivity contribution in [1.82, 2.24) is 20.4 Å². The Balaban J connectivity index is 1.89. The van der Waals surface area contributed by atoms with Gasteiger partial charge in [-0.3, -0.25) is 9.48 Å². The van der Waals surface area contributed by atoms with Gasteiger partial charge in [0.2, 0.25) is 5.91 Å². The van der Waals surface area contributed by atoms with Crippen molar-refractivity contribution in [1.29, 1.82) is 0 Å². The fraction of sp³-hybridized carbons (Fsp3) is 0.375. The smallest absolute Gasteiger partial charge is 0.241 e. The average Bonchev–Trinajstić information content (AvgIpc) is 2.94. The van der Waals surface area contributed by atoms with Gasteiger partial charge in [0, 0.05) is 18.8 Å². The Morgan fingerprint density at radius 3 is 2.78 bits per heavy atom. The standard InChI is InChI=1S/C16H21BrN4O2/c1-11(23-14-7-5-4-6-13(14)17)8-19-16(22)15(18-2)12-9-20-21(3)10-12/h4-7,9-11,15,18H,8H2,1-3H3,(H,19,22). The van der Waals surface area contributed by atoms with E-state index in [1.165, 1.54) is 0 Å². The number of aromatic nitrogens is 2. The molecule has 0 spiro atoms. The Bertz CT molecular complexity index is 659. The van der Waals surface area contributed by atoms with Crippen LogP contribution in [-0.2, 0) is 11.8 Å². The Morgan fingerprint density at radius 1 is 1.43 bits per heavy atom. The van der Waals surface area contributed by atoms with E-state index in [2.05, 4.69) is 31.7 Å². The summed E-state index contributed by atoms with van der Waals surface area (Å²) in [4.78, 5) is 12.3. The molecule has 2 unspecified atom stereocenters. The normalized spacial score (nSPS) is 13.4. The molecule has 1 aromatic heterocycles. The van der Waals surface area contributed by atoms with E-state index in [4.69, 9.17) is 4.74 Å². The van der Waals surface area contributed by atoms with Crippen molar-refractivity contribution >= 4 is 21.8 Å². The summed E-state index contributed by atoms with van der Waals surface area (Å²) in [6.45, 7) is 2.33. The number of carbonyl (C=O) groups excluding carboxylic acids is 1. The number of hydrogen-bond donors (Lipinski definition) is 2. The maximum absolute atomic E-state index is 12.3. The van der Waals surface area contributed by atoms with Crippen LogP contribution in [0.25, 0.3) is 0 Å². The van der Waals surface area contributed by atoms with Crippen LogP contribution in [0, 0.1) is 0 Å². The first-order chi connectivity index (χ1) is 11.0. The van der Waals surface area contributed by atoms with Gasteiger partial charge in [-0.1, -0.05) is 12.1 Å². The highest BCUT2D eigenvalue weighted by molar-refractivity contribution is 9.10. The lowest BCUT2D eigenvalue weighted by Gasteiger charge is -2.19. The van der Waals surface area contributed by atoms with Gasteiger partial charge in [-0.25, -0.2) is 0 Å². The summed E-state index contributed by atoms with van der Waals surface area (Å²) < 4.78 is 8.38. The van der Waals surface area contributed by atoms with Crippen molar-refractivity contribution in [2.45, 2.75) is 19.1 Å². The topological polar surface area (TPSA) is 68.2 Å². The van der Waals surface area contributed by atoms with E-state index in [0.717, 1.165) is 15.8 Å². The molecule has 2 aromatic rings. The molecule has 0 aliphatic rings. The SMILES string of the molecule is CNC(C(=O)NCC(C)Oc1ccccc1Br)c1cnn(C)c1. The summed E-state index contributed by atoms with van der Waals surface area (Å²) in [5.41, 5.74) is 0.826. The fourth-order valence-electron chi connectivity index (χ4n) is 2.18. The maximum Gasteiger partial charge on any atom is 0.241 e. The Kier molecular flexibility index (Phi) is 6.18. The monoisotopic (exact) mass is 380 g/mol. The highest BCUT2D eigenvalue weighted by atomic mass is 79.9. The fourth-order valence-corrected chi connectivity index (χ4v) is 2.56. The maximum atomic E-state index is 12.3. The van der Waals surface area contributed by atoms with Gasteiger partial charge >= 0.3 is 0 Å². The van der Waals surface area contributed by atoms with Gasteiger partial charge in [0.15, 0.2) is 0 Å². The molecule has 2 atom stereocenters. The Morgan fingerprint density at radius 2 is 2.17 bits per heavy atom. The van der Waals surface area contributed by atoms with Gasteiger partial charge in [-0.2, -0.15) is 5.10 Å². The van der Waals surface area contributed by atoms with Crippen LogP contribution in [0.15, 0.2) is 41.1 Å². The predicted molar refractivity (Wildman–Crippen MR) is 92.3 cm³/mol. The molecular formula is C16H21BrN4O2. The van der Waals surface area contributed by atoms with E-state index in [9.17, 15) is 4.79 Å². The number of carbonyl (C=O) groups is 1. The van der Waals surface area contributed by atoms with Gasteiger partial charge in [-0.05, 0) is 42.0 Å². The second-order valence-electron chi connectivity index (χ2n) is 5.27. The summed E-state index contributed by atoms with van der Waals surface area (Å²) in [6.07, 6.45) is 3.35. The molecule has 1 aromatic carbocycles. The second-order valence-corrected chi connectivity index (χ2v) is 6.13. The molecule has 7 heteroatoms. The zero-order valence-corrected chi connectivity index (χ0v) is 15.0. The molecule has 0 saturated carbocycles. The molecule has 0 bridgehead atoms. The first-order valence-corrected chi connectivity index (χ1v) is 8.15. The number of hydrogen-bond acceptors (Lipinski definition) is 4. The molecule has 2 N–H and O–H groups in total. The number of benzene rings is 1. The van der Waals surface area contributed by atoms with Crippen LogP contribution in [0.1, 0.15) is 18.5 Å². The highest BCUT2D eigenvalue weighted by Crippen LogP contribution is 2.24. The second kappa shape index (κ2) is 8.12. The van der Waals surface area contributed by atoms with Gasteiger partial charge in [0.1, 0.15) is 17.9 Å². The largest absolute Gasteiger partial charge is 0.488 e. The predicted octanol–water partition coefficient (Wildman–Crippen LogP) is 2.03. The van der Waals surface area contributed by atoms with E-state index in [1.54, 1.807) is 17.9 Å². The van der Waals surface area contributed by atoms with E-state index in [1.807, 2.05) is 44.4 Å². The number of nitrogens with zero attached hydrogens (tertiary/aromatic N) is 2. The van der Waals surface area contributed by atoms with Crippen LogP contribution in [-0.4, -0.2) is 35.4 Å². The molecular weight excluding hydrogens is 360 g/mol. The van der Waals surface area contributed by atoms with Crippen LogP contribution in [0.4, 0.5) is 0 Å². The van der Waals surface area contributed by atoms with E-state index >= 15 is 0 Å². The molecule has 2 rings (SSSR count). The van der Waals surface area contributed by atoms with E-state index < -0.39 is 6.04 Å². The van der Waals surface area contributed by atoms with Gasteiger partial charge in [0.25, 0.3) is 0 Å². The molecule has 23 heavy (non-hydrogen) atoms. The third kappa shape index (κ3) is 4.80. The molecule has 0 aliphatic carbocycles. The number of ether oxygens (including phenoxy) is 1. The van der Waals surface area contributed by atoms with E-state index in [-0.39, 0.29) is 12.0 Å². The third-order valence-corrected chi connectivity index (χ3v) is 3.99. The van der Waals surface area contributed by atoms with Crippen LogP contribution < -0.4 is 15.4 Å². The lowest BCUT2D eigenvalue weighted by atomic mass is 10.1. The molecule has 1 amide bonds. The van der Waals surface area contributed by atoms with Crippen LogP contribution in [0.5, 0.6) is 5.75 Å². The Labute approximate surface area is 144 Å². The van der Waals surface area contributed by atoms with Gasteiger partial charge in [-0.15, -0.1) is 0 Å². The summed E-state index contributed by atoms with van der Waals surface area (Å²) >= 11 is 3.44. The zero-order chi connectivity index (χ0) is 16.8. The van der Waals surface area contributed by atoms with Crippen LogP contribution in [0.3, 0.4) is 0 Å². The third-order valence-electron chi connectivity index (χ3n) is 3.34. The first-order valence-electron chi connectivity index (χ1n) is 7.36. The van der Waals surface area contributed by atoms with Crippen molar-refractivity contribution in [3.63, 3.8) is 0 Å². The van der Waals surface area contributed by atoms with Crippen LogP contribution in [0.2, 0.25) is 0 Å². The number of nitrogens with one attached hydrogen (secondary N) is 2. The zero-order valence-electron chi connectivity index (χ0n) is 13.4. The first kappa shape index (κ1) is 17.5. The van der Waals surface area contributed by atoms with Crippen LogP contribution >= 0.6 is 15.9 Å². The summed E-state index contributed by atoms with van der Waals surface area (Å²) in [7, 11) is 3.57. The van der Waals surface area contributed by atoms with Gasteiger partial charge < -0.3 is 15.4 Å². The number of aryl methyl sites for hydroxylation is 1. The molecule has 0 radical (unpaired) electrons. The summed E-state index contributed by atoms with van der Waals surface area (Å²) in [5.74, 6) is 0.648. The number of likely N-dealkylation sites (N-methyl/N-ethyl adjacent to an activating group) is 1. The quantitative estimate of drug-likeness (QED) is 0.770. The molecule has 0 fully saturated rings. The molecule has 124 valence electrons. The number of halogens is 1. The van der Waals surface area contributed by atoms with Crippen molar-refractivity contribution < 1.29 is 9.53 Å². The minimum Gasteiger partial charge on any atom is -0.488 e. The number of amides is 1. The molecule has 0 aliphatic heterocycles. The van der Waals surface area contributed by atoms with Crippen molar-refractivity contribution in [3.8, 4) is 5.75 Å². The van der Waals surface area contributed by atoms with Crippen molar-refractivity contribution in [2.24, 2.45) is 7.05 Å². The number of para-hydroxylation sites is 1. The lowest BCUT2D eigenvalue weighted by molar-refractivity contribution is -0.123. The average molecular weight is 381 g/mol. The molecule has 1 heterocycles. The summed E-state index contributed by atoms with van der Waals surface area (Å²) in [6, 6.07) is 7.20. The Hall–Kier alpha value is -1.86. The molecule has 0 saturated heterocycles. The summed E-state index contributed by atoms with van der Waals surface area (Å²) in [5, 5.41) is 10.00. The molecule has 6 nitrogen and oxygen atoms in total. The van der Waals surface area contributed by atoms with Gasteiger partial charge in [0.05, 0.1) is 17.2 Å². The minimum absolute atomic E-state index is 0.108. The lowest BCUT2D eigenvalue weighted by Crippen LogP contribution is -2.40. The van der Waals surface area contributed by atoms with Crippen molar-refractivity contribution in [2.75, 3.05) is 13.6 Å². The minimum atomic E-state index is -0.431. The van der Waals surface area contributed by atoms with E-state index in [0.29, 0.717) is 6.54 Å². The highest BCUT2D eigenvalue weighted by Gasteiger charge is 2.20. The number of rotatable bonds is 7. The van der Waals surface area contributed by atoms with Crippen molar-refractivity contribution in [3.05, 3.63) is 46.7 Å².